The molecule has 0 aliphatic carbocycles. The number of methoxy groups -OCH3 is 3. The number of carbonyl (C=O) groups excluding carboxylic acids is 1. The minimum absolute atomic E-state index is 0.148. The first-order chi connectivity index (χ1) is 12.7. The Balaban J connectivity index is 1.87. The Morgan fingerprint density at radius 2 is 1.88 bits per heavy atom. The molecular weight excluding hydrogens is 334 g/mol. The molecule has 0 spiro atoms. The lowest BCUT2D eigenvalue weighted by molar-refractivity contribution is -0.115. The number of hydrogen-bond donors (Lipinski definition) is 2. The van der Waals surface area contributed by atoms with Crippen LogP contribution in [-0.4, -0.2) is 45.4 Å². The third-order valence-electron chi connectivity index (χ3n) is 3.70. The zero-order chi connectivity index (χ0) is 18.8. The standard InChI is InChI=1S/C19H25N3O4/c1-24-10-4-9-20-15-6-8-18(21-13-15)22-19(23)12-14-5-7-16(25-2)17(11-14)26-3/h5-8,11,13,20H,4,9-10,12H2,1-3H3,(H,21,22,23). The minimum atomic E-state index is -0.148. The Bertz CT molecular complexity index is 704. The summed E-state index contributed by atoms with van der Waals surface area (Å²) in [4.78, 5) is 16.5. The summed E-state index contributed by atoms with van der Waals surface area (Å²) in [5.74, 6) is 1.59. The monoisotopic (exact) mass is 359 g/mol. The predicted octanol–water partition coefficient (Wildman–Crippen LogP) is 2.73. The van der Waals surface area contributed by atoms with Gasteiger partial charge >= 0.3 is 0 Å². The Labute approximate surface area is 153 Å². The highest BCUT2D eigenvalue weighted by atomic mass is 16.5. The van der Waals surface area contributed by atoms with Gasteiger partial charge < -0.3 is 24.8 Å². The number of rotatable bonds is 10. The second-order valence-corrected chi connectivity index (χ2v) is 5.62. The van der Waals surface area contributed by atoms with E-state index in [-0.39, 0.29) is 12.3 Å². The van der Waals surface area contributed by atoms with Gasteiger partial charge in [0.1, 0.15) is 5.82 Å². The van der Waals surface area contributed by atoms with Gasteiger partial charge in [-0.2, -0.15) is 0 Å². The van der Waals surface area contributed by atoms with E-state index < -0.39 is 0 Å². The molecule has 1 aromatic heterocycles. The number of benzene rings is 1. The molecule has 7 nitrogen and oxygen atoms in total. The molecule has 0 saturated carbocycles. The topological polar surface area (TPSA) is 81.7 Å². The van der Waals surface area contributed by atoms with Gasteiger partial charge in [-0.25, -0.2) is 4.98 Å². The van der Waals surface area contributed by atoms with Crippen molar-refractivity contribution in [3.05, 3.63) is 42.1 Å². The van der Waals surface area contributed by atoms with Gasteiger partial charge in [0.25, 0.3) is 0 Å². The summed E-state index contributed by atoms with van der Waals surface area (Å²) in [6.07, 6.45) is 2.83. The molecule has 7 heteroatoms. The van der Waals surface area contributed by atoms with Crippen LogP contribution < -0.4 is 20.1 Å². The van der Waals surface area contributed by atoms with Crippen molar-refractivity contribution in [2.24, 2.45) is 0 Å². The average molecular weight is 359 g/mol. The van der Waals surface area contributed by atoms with E-state index in [1.165, 1.54) is 0 Å². The largest absolute Gasteiger partial charge is 0.493 e. The summed E-state index contributed by atoms with van der Waals surface area (Å²) < 4.78 is 15.5. The van der Waals surface area contributed by atoms with Crippen molar-refractivity contribution in [1.82, 2.24) is 4.98 Å². The van der Waals surface area contributed by atoms with Gasteiger partial charge in [0, 0.05) is 20.3 Å². The number of aromatic nitrogens is 1. The van der Waals surface area contributed by atoms with E-state index in [1.54, 1.807) is 45.7 Å². The molecule has 2 aromatic rings. The van der Waals surface area contributed by atoms with Crippen molar-refractivity contribution >= 4 is 17.4 Å². The van der Waals surface area contributed by atoms with Crippen LogP contribution in [0.5, 0.6) is 11.5 Å². The molecule has 0 aliphatic rings. The number of pyridine rings is 1. The van der Waals surface area contributed by atoms with E-state index in [1.807, 2.05) is 12.1 Å². The molecule has 0 atom stereocenters. The van der Waals surface area contributed by atoms with E-state index in [0.29, 0.717) is 23.9 Å². The van der Waals surface area contributed by atoms with E-state index in [2.05, 4.69) is 15.6 Å². The molecule has 2 N–H and O–H groups in total. The molecule has 0 unspecified atom stereocenters. The Hall–Kier alpha value is -2.80. The fourth-order valence-corrected chi connectivity index (χ4v) is 2.38. The van der Waals surface area contributed by atoms with Crippen molar-refractivity contribution in [2.45, 2.75) is 12.8 Å². The third-order valence-corrected chi connectivity index (χ3v) is 3.70. The van der Waals surface area contributed by atoms with E-state index in [0.717, 1.165) is 24.2 Å². The first-order valence-corrected chi connectivity index (χ1v) is 8.36. The number of carbonyl (C=O) groups is 1. The van der Waals surface area contributed by atoms with Gasteiger partial charge in [-0.05, 0) is 36.2 Å². The third kappa shape index (κ3) is 5.93. The van der Waals surface area contributed by atoms with Crippen molar-refractivity contribution in [2.75, 3.05) is 45.1 Å². The molecular formula is C19H25N3O4. The first-order valence-electron chi connectivity index (χ1n) is 8.36. The molecule has 1 amide bonds. The average Bonchev–Trinajstić information content (AvgIpc) is 2.66. The molecule has 0 radical (unpaired) electrons. The molecule has 140 valence electrons. The van der Waals surface area contributed by atoms with Crippen molar-refractivity contribution in [3.8, 4) is 11.5 Å². The van der Waals surface area contributed by atoms with Gasteiger partial charge in [-0.15, -0.1) is 0 Å². The molecule has 26 heavy (non-hydrogen) atoms. The summed E-state index contributed by atoms with van der Waals surface area (Å²) in [6.45, 7) is 1.52. The van der Waals surface area contributed by atoms with Crippen molar-refractivity contribution < 1.29 is 19.0 Å². The fourth-order valence-electron chi connectivity index (χ4n) is 2.38. The highest BCUT2D eigenvalue weighted by molar-refractivity contribution is 5.91. The van der Waals surface area contributed by atoms with Crippen LogP contribution in [0.3, 0.4) is 0 Å². The van der Waals surface area contributed by atoms with Crippen LogP contribution in [0.15, 0.2) is 36.5 Å². The van der Waals surface area contributed by atoms with Crippen LogP contribution in [0, 0.1) is 0 Å². The minimum Gasteiger partial charge on any atom is -0.493 e. The van der Waals surface area contributed by atoms with Crippen LogP contribution in [-0.2, 0) is 16.0 Å². The lowest BCUT2D eigenvalue weighted by atomic mass is 10.1. The van der Waals surface area contributed by atoms with Crippen LogP contribution >= 0.6 is 0 Å². The molecule has 0 bridgehead atoms. The van der Waals surface area contributed by atoms with Gasteiger partial charge in [-0.3, -0.25) is 4.79 Å². The zero-order valence-corrected chi connectivity index (χ0v) is 15.4. The normalized spacial score (nSPS) is 10.3. The second kappa shape index (κ2) is 10.2. The number of anilines is 2. The van der Waals surface area contributed by atoms with Gasteiger partial charge in [0.05, 0.1) is 32.5 Å². The smallest absolute Gasteiger partial charge is 0.229 e. The molecule has 1 aromatic carbocycles. The Morgan fingerprint density at radius 3 is 2.54 bits per heavy atom. The summed E-state index contributed by atoms with van der Waals surface area (Å²) >= 11 is 0. The van der Waals surface area contributed by atoms with Gasteiger partial charge in [0.15, 0.2) is 11.5 Å². The maximum atomic E-state index is 12.2. The zero-order valence-electron chi connectivity index (χ0n) is 15.4. The molecule has 0 aliphatic heterocycles. The summed E-state index contributed by atoms with van der Waals surface area (Å²) in [5, 5.41) is 6.03. The van der Waals surface area contributed by atoms with Crippen molar-refractivity contribution in [1.29, 1.82) is 0 Å². The number of amides is 1. The second-order valence-electron chi connectivity index (χ2n) is 5.62. The SMILES string of the molecule is COCCCNc1ccc(NC(=O)Cc2ccc(OC)c(OC)c2)nc1. The van der Waals surface area contributed by atoms with E-state index in [9.17, 15) is 4.79 Å². The number of nitrogens with zero attached hydrogens (tertiary/aromatic N) is 1. The summed E-state index contributed by atoms with van der Waals surface area (Å²) in [5.41, 5.74) is 1.73. The number of hydrogen-bond acceptors (Lipinski definition) is 6. The van der Waals surface area contributed by atoms with Crippen LogP contribution in [0.25, 0.3) is 0 Å². The Kier molecular flexibility index (Phi) is 7.70. The number of ether oxygens (including phenoxy) is 3. The first kappa shape index (κ1) is 19.5. The maximum absolute atomic E-state index is 12.2. The summed E-state index contributed by atoms with van der Waals surface area (Å²) in [7, 11) is 4.82. The Morgan fingerprint density at radius 1 is 1.08 bits per heavy atom. The maximum Gasteiger partial charge on any atom is 0.229 e. The lowest BCUT2D eigenvalue weighted by Gasteiger charge is -2.10. The van der Waals surface area contributed by atoms with Crippen LogP contribution in [0.4, 0.5) is 11.5 Å². The van der Waals surface area contributed by atoms with Gasteiger partial charge in [-0.1, -0.05) is 6.07 Å². The molecule has 0 saturated heterocycles. The quantitative estimate of drug-likeness (QED) is 0.635. The highest BCUT2D eigenvalue weighted by Crippen LogP contribution is 2.27. The van der Waals surface area contributed by atoms with E-state index in [4.69, 9.17) is 14.2 Å². The predicted molar refractivity (Wildman–Crippen MR) is 101 cm³/mol. The summed E-state index contributed by atoms with van der Waals surface area (Å²) in [6, 6.07) is 9.06. The molecule has 2 rings (SSSR count). The highest BCUT2D eigenvalue weighted by Gasteiger charge is 2.09. The molecule has 1 heterocycles. The fraction of sp³-hybridized carbons (Fsp3) is 0.368. The lowest BCUT2D eigenvalue weighted by Crippen LogP contribution is -2.15. The number of nitrogens with one attached hydrogen (secondary N) is 2. The van der Waals surface area contributed by atoms with Crippen LogP contribution in [0.2, 0.25) is 0 Å². The van der Waals surface area contributed by atoms with Crippen LogP contribution in [0.1, 0.15) is 12.0 Å². The van der Waals surface area contributed by atoms with E-state index >= 15 is 0 Å². The van der Waals surface area contributed by atoms with Crippen molar-refractivity contribution in [3.63, 3.8) is 0 Å². The molecule has 0 fully saturated rings. The van der Waals surface area contributed by atoms with Gasteiger partial charge in [0.2, 0.25) is 5.91 Å².